The molecule has 2 rings (SSSR count). The van der Waals surface area contributed by atoms with Gasteiger partial charge in [0.15, 0.2) is 4.91 Å². The summed E-state index contributed by atoms with van der Waals surface area (Å²) in [6.45, 7) is 0. The summed E-state index contributed by atoms with van der Waals surface area (Å²) in [5.74, 6) is -0.671. The number of carbonyl (C=O) groups excluding carboxylic acids is 1. The molecule has 0 saturated carbocycles. The molecule has 1 aliphatic carbocycles. The van der Waals surface area contributed by atoms with E-state index in [4.69, 9.17) is 0 Å². The molecule has 5 nitrogen and oxygen atoms in total. The first-order valence-electron chi connectivity index (χ1n) is 4.76. The third-order valence-corrected chi connectivity index (χ3v) is 3.71. The van der Waals surface area contributed by atoms with E-state index in [1.807, 2.05) is 0 Å². The molecular formula is C11H9NO4S. The molecule has 0 atom stereocenters. The van der Waals surface area contributed by atoms with E-state index in [-0.39, 0.29) is 33.3 Å². The molecule has 17 heavy (non-hydrogen) atoms. The lowest BCUT2D eigenvalue weighted by molar-refractivity contribution is -0.385. The van der Waals surface area contributed by atoms with Crippen LogP contribution in [0, 0.1) is 10.1 Å². The third-order valence-electron chi connectivity index (χ3n) is 2.52. The number of nitro groups is 1. The van der Waals surface area contributed by atoms with Gasteiger partial charge in [0.1, 0.15) is 12.5 Å². The van der Waals surface area contributed by atoms with Crippen LogP contribution in [0.1, 0.15) is 15.9 Å². The molecule has 0 fully saturated rings. The minimum Gasteiger partial charge on any atom is -0.869 e. The quantitative estimate of drug-likeness (QED) is 0.440. The molecule has 1 aliphatic rings. The standard InChI is InChI=1S/C11H9NO4S/c1-17(2)11-9(13)7-4-3-6(12(15)16)5-8(7)10(11)14/h3-5H,1-2H3. The van der Waals surface area contributed by atoms with Crippen molar-refractivity contribution >= 4 is 28.1 Å². The number of Topliss-reactive ketones (excluding diaryl/α,β-unsaturated/α-hetero) is 1. The molecule has 0 unspecified atom stereocenters. The van der Waals surface area contributed by atoms with Crippen LogP contribution in [0.3, 0.4) is 0 Å². The highest BCUT2D eigenvalue weighted by molar-refractivity contribution is 8.00. The zero-order valence-electron chi connectivity index (χ0n) is 9.22. The van der Waals surface area contributed by atoms with Gasteiger partial charge in [-0.2, -0.15) is 0 Å². The highest BCUT2D eigenvalue weighted by atomic mass is 32.2. The molecule has 0 aromatic heterocycles. The number of rotatable bonds is 2. The first-order valence-corrected chi connectivity index (χ1v) is 6.80. The van der Waals surface area contributed by atoms with Crippen molar-refractivity contribution in [3.63, 3.8) is 0 Å². The summed E-state index contributed by atoms with van der Waals surface area (Å²) in [6, 6.07) is 3.78. The van der Waals surface area contributed by atoms with Crippen LogP contribution in [0.4, 0.5) is 5.69 Å². The first kappa shape index (κ1) is 11.7. The number of hydrogen-bond donors (Lipinski definition) is 0. The Morgan fingerprint density at radius 3 is 2.41 bits per heavy atom. The molecule has 0 spiro atoms. The van der Waals surface area contributed by atoms with Gasteiger partial charge in [-0.15, -0.1) is 0 Å². The number of non-ortho nitro benzene ring substituents is 1. The van der Waals surface area contributed by atoms with Gasteiger partial charge in [0.05, 0.1) is 4.92 Å². The molecule has 0 saturated heterocycles. The van der Waals surface area contributed by atoms with E-state index in [0.29, 0.717) is 0 Å². The van der Waals surface area contributed by atoms with Gasteiger partial charge in [-0.25, -0.2) is 0 Å². The van der Waals surface area contributed by atoms with Crippen molar-refractivity contribution in [3.8, 4) is 0 Å². The molecular weight excluding hydrogens is 242 g/mol. The van der Waals surface area contributed by atoms with Gasteiger partial charge in [-0.1, -0.05) is 0 Å². The van der Waals surface area contributed by atoms with Crippen LogP contribution in [0.15, 0.2) is 23.1 Å². The monoisotopic (exact) mass is 251 g/mol. The van der Waals surface area contributed by atoms with Crippen molar-refractivity contribution in [1.82, 2.24) is 0 Å². The minimum absolute atomic E-state index is 0.153. The number of fused-ring (bicyclic) bond motifs is 1. The Balaban J connectivity index is 2.62. The SMILES string of the molecule is C[S+](C)C1=C([O-])c2cc([N+](=O)[O-])ccc2C1=O. The summed E-state index contributed by atoms with van der Waals surface area (Å²) in [5, 5.41) is 22.6. The summed E-state index contributed by atoms with van der Waals surface area (Å²) in [4.78, 5) is 22.2. The molecule has 0 N–H and O–H groups in total. The van der Waals surface area contributed by atoms with Crippen LogP contribution in [0.2, 0.25) is 0 Å². The van der Waals surface area contributed by atoms with Crippen LogP contribution < -0.4 is 5.11 Å². The lowest BCUT2D eigenvalue weighted by Gasteiger charge is -2.07. The second-order valence-electron chi connectivity index (χ2n) is 3.79. The summed E-state index contributed by atoms with van der Waals surface area (Å²) in [5.41, 5.74) is 0.260. The summed E-state index contributed by atoms with van der Waals surface area (Å²) < 4.78 is 0. The van der Waals surface area contributed by atoms with Crippen molar-refractivity contribution in [2.24, 2.45) is 0 Å². The molecule has 0 amide bonds. The summed E-state index contributed by atoms with van der Waals surface area (Å²) in [7, 11) is -0.447. The van der Waals surface area contributed by atoms with Gasteiger partial charge in [0.25, 0.3) is 5.69 Å². The van der Waals surface area contributed by atoms with Crippen LogP contribution in [0.25, 0.3) is 5.76 Å². The molecule has 1 aromatic rings. The second kappa shape index (κ2) is 3.89. The largest absolute Gasteiger partial charge is 0.869 e. The Bertz CT molecular complexity index is 563. The Kier molecular flexibility index (Phi) is 2.66. The van der Waals surface area contributed by atoms with E-state index in [0.717, 1.165) is 0 Å². The molecule has 6 heteroatoms. The van der Waals surface area contributed by atoms with Gasteiger partial charge in [-0.3, -0.25) is 14.9 Å². The van der Waals surface area contributed by atoms with E-state index in [1.165, 1.54) is 18.2 Å². The first-order chi connectivity index (χ1) is 7.93. The number of nitrogens with zero attached hydrogens (tertiary/aromatic N) is 1. The van der Waals surface area contributed by atoms with Crippen molar-refractivity contribution < 1.29 is 14.8 Å². The average Bonchev–Trinajstić information content (AvgIpc) is 2.51. The lowest BCUT2D eigenvalue weighted by atomic mass is 10.1. The van der Waals surface area contributed by atoms with Crippen molar-refractivity contribution in [2.75, 3.05) is 12.5 Å². The van der Waals surface area contributed by atoms with E-state index in [2.05, 4.69) is 0 Å². The maximum atomic E-state index is 11.9. The fourth-order valence-electron chi connectivity index (χ4n) is 1.75. The van der Waals surface area contributed by atoms with Gasteiger partial charge in [-0.05, 0) is 17.4 Å². The zero-order valence-corrected chi connectivity index (χ0v) is 10.0. The van der Waals surface area contributed by atoms with Crippen LogP contribution >= 0.6 is 0 Å². The molecule has 1 aromatic carbocycles. The molecule has 0 bridgehead atoms. The van der Waals surface area contributed by atoms with Gasteiger partial charge < -0.3 is 5.11 Å². The van der Waals surface area contributed by atoms with Crippen LogP contribution in [-0.2, 0) is 10.9 Å². The second-order valence-corrected chi connectivity index (χ2v) is 5.83. The Labute approximate surface area is 100 Å². The number of carbonyl (C=O) groups is 1. The Hall–Kier alpha value is -1.82. The maximum Gasteiger partial charge on any atom is 0.270 e. The summed E-state index contributed by atoms with van der Waals surface area (Å²) >= 11 is 0. The topological polar surface area (TPSA) is 83.3 Å². The number of nitro benzene ring substituents is 1. The van der Waals surface area contributed by atoms with E-state index in [1.54, 1.807) is 12.5 Å². The predicted molar refractivity (Wildman–Crippen MR) is 63.6 cm³/mol. The molecule has 0 aliphatic heterocycles. The highest BCUT2D eigenvalue weighted by Crippen LogP contribution is 2.34. The van der Waals surface area contributed by atoms with Gasteiger partial charge in [0, 0.05) is 28.6 Å². The van der Waals surface area contributed by atoms with Crippen molar-refractivity contribution in [3.05, 3.63) is 44.3 Å². The number of ketones is 1. The van der Waals surface area contributed by atoms with Gasteiger partial charge >= 0.3 is 0 Å². The Morgan fingerprint density at radius 1 is 1.24 bits per heavy atom. The minimum atomic E-state index is -0.576. The fourth-order valence-corrected chi connectivity index (χ4v) is 2.71. The number of hydrogen-bond acceptors (Lipinski definition) is 4. The maximum absolute atomic E-state index is 11.9. The smallest absolute Gasteiger partial charge is 0.270 e. The Morgan fingerprint density at radius 2 is 1.88 bits per heavy atom. The van der Waals surface area contributed by atoms with E-state index >= 15 is 0 Å². The summed E-state index contributed by atoms with van der Waals surface area (Å²) in [6.07, 6.45) is 3.57. The fraction of sp³-hybridized carbons (Fsp3) is 0.182. The number of benzene rings is 1. The average molecular weight is 251 g/mol. The van der Waals surface area contributed by atoms with Crippen molar-refractivity contribution in [2.45, 2.75) is 0 Å². The lowest BCUT2D eigenvalue weighted by Crippen LogP contribution is -2.12. The van der Waals surface area contributed by atoms with Crippen molar-refractivity contribution in [1.29, 1.82) is 0 Å². The molecule has 0 radical (unpaired) electrons. The normalized spacial score (nSPS) is 14.4. The van der Waals surface area contributed by atoms with E-state index < -0.39 is 15.8 Å². The predicted octanol–water partition coefficient (Wildman–Crippen LogP) is 0.698. The van der Waals surface area contributed by atoms with E-state index in [9.17, 15) is 20.0 Å². The van der Waals surface area contributed by atoms with Crippen LogP contribution in [0.5, 0.6) is 0 Å². The number of allylic oxidation sites excluding steroid dienone is 1. The van der Waals surface area contributed by atoms with Crippen LogP contribution in [-0.4, -0.2) is 23.2 Å². The van der Waals surface area contributed by atoms with Gasteiger partial charge in [0.2, 0.25) is 5.78 Å². The highest BCUT2D eigenvalue weighted by Gasteiger charge is 2.34. The molecule has 88 valence electrons. The molecule has 0 heterocycles. The zero-order chi connectivity index (χ0) is 12.7. The third kappa shape index (κ3) is 1.70.